The molecule has 4 rings (SSSR count). The second kappa shape index (κ2) is 8.12. The van der Waals surface area contributed by atoms with E-state index in [9.17, 15) is 21.6 Å². The summed E-state index contributed by atoms with van der Waals surface area (Å²) in [5, 5.41) is 0.968. The molecule has 0 amide bonds. The Morgan fingerprint density at radius 1 is 0.935 bits per heavy atom. The Bertz CT molecular complexity index is 1240. The van der Waals surface area contributed by atoms with Crippen molar-refractivity contribution in [2.75, 3.05) is 31.1 Å². The van der Waals surface area contributed by atoms with E-state index in [1.165, 1.54) is 34.8 Å². The van der Waals surface area contributed by atoms with Gasteiger partial charge in [-0.25, -0.2) is 8.42 Å². The van der Waals surface area contributed by atoms with E-state index < -0.39 is 21.8 Å². The van der Waals surface area contributed by atoms with Gasteiger partial charge in [0.15, 0.2) is 0 Å². The van der Waals surface area contributed by atoms with Crippen molar-refractivity contribution >= 4 is 49.8 Å². The summed E-state index contributed by atoms with van der Waals surface area (Å²) in [6.45, 7) is 1.13. The zero-order chi connectivity index (χ0) is 22.4. The van der Waals surface area contributed by atoms with Crippen molar-refractivity contribution in [3.63, 3.8) is 0 Å². The third kappa shape index (κ3) is 4.32. The highest BCUT2D eigenvalue weighted by Gasteiger charge is 2.32. The van der Waals surface area contributed by atoms with Crippen molar-refractivity contribution in [2.45, 2.75) is 11.1 Å². The molecule has 1 aliphatic heterocycles. The van der Waals surface area contributed by atoms with E-state index in [1.807, 2.05) is 4.90 Å². The molecule has 2 heterocycles. The minimum Gasteiger partial charge on any atom is -0.368 e. The topological polar surface area (TPSA) is 53.5 Å². The maximum atomic E-state index is 13.0. The van der Waals surface area contributed by atoms with Gasteiger partial charge in [0.25, 0.3) is 0 Å². The van der Waals surface area contributed by atoms with Crippen LogP contribution in [0.15, 0.2) is 53.6 Å². The molecule has 11 heteroatoms. The molecule has 1 aliphatic rings. The number of fused-ring (bicyclic) bond motifs is 1. The van der Waals surface area contributed by atoms with Gasteiger partial charge in [0.05, 0.1) is 16.1 Å². The molecule has 3 aromatic rings. The minimum atomic E-state index is -4.45. The number of benzene rings is 2. The maximum Gasteiger partial charge on any atom is 0.416 e. The molecule has 0 atom stereocenters. The highest BCUT2D eigenvalue weighted by Crippen LogP contribution is 2.34. The Kier molecular flexibility index (Phi) is 5.80. The standard InChI is InChI=1S/C20H16Cl2F3N3O2S/c21-14-2-4-19(16(22)12-14)31(29,30)28-9-7-27(8-10-28)18-5-6-26-17-11-13(20(23,24)25)1-3-15(17)18/h1-6,11-12H,7-10H2. The molecule has 5 nitrogen and oxygen atoms in total. The molecule has 1 aromatic heterocycles. The van der Waals surface area contributed by atoms with Crippen LogP contribution in [0.1, 0.15) is 5.56 Å². The molecule has 0 saturated carbocycles. The summed E-state index contributed by atoms with van der Waals surface area (Å²) in [6.07, 6.45) is -3.00. The quantitative estimate of drug-likeness (QED) is 0.515. The number of aromatic nitrogens is 1. The Balaban J connectivity index is 1.57. The number of pyridine rings is 1. The predicted molar refractivity (Wildman–Crippen MR) is 114 cm³/mol. The van der Waals surface area contributed by atoms with E-state index in [0.29, 0.717) is 29.2 Å². The van der Waals surface area contributed by atoms with Crippen LogP contribution >= 0.6 is 23.2 Å². The lowest BCUT2D eigenvalue weighted by atomic mass is 10.1. The molecule has 0 N–H and O–H groups in total. The van der Waals surface area contributed by atoms with Crippen molar-refractivity contribution in [1.82, 2.24) is 9.29 Å². The smallest absolute Gasteiger partial charge is 0.368 e. The van der Waals surface area contributed by atoms with Gasteiger partial charge in [-0.05, 0) is 36.4 Å². The van der Waals surface area contributed by atoms with Crippen LogP contribution in [0.4, 0.5) is 18.9 Å². The fraction of sp³-hybridized carbons (Fsp3) is 0.250. The first-order valence-electron chi connectivity index (χ1n) is 9.23. The van der Waals surface area contributed by atoms with Crippen LogP contribution in [0.25, 0.3) is 10.9 Å². The number of alkyl halides is 3. The van der Waals surface area contributed by atoms with Gasteiger partial charge in [0.2, 0.25) is 10.0 Å². The molecule has 0 radical (unpaired) electrons. The summed E-state index contributed by atoms with van der Waals surface area (Å²) in [5.74, 6) is 0. The summed E-state index contributed by atoms with van der Waals surface area (Å²) >= 11 is 11.9. The Morgan fingerprint density at radius 2 is 1.65 bits per heavy atom. The molecule has 0 bridgehead atoms. The lowest BCUT2D eigenvalue weighted by Gasteiger charge is -2.36. The first-order chi connectivity index (χ1) is 14.6. The third-order valence-electron chi connectivity index (χ3n) is 5.14. The molecule has 0 spiro atoms. The summed E-state index contributed by atoms with van der Waals surface area (Å²) in [4.78, 5) is 5.99. The van der Waals surface area contributed by atoms with Gasteiger partial charge in [-0.3, -0.25) is 4.98 Å². The van der Waals surface area contributed by atoms with Gasteiger partial charge in [0.1, 0.15) is 4.90 Å². The highest BCUT2D eigenvalue weighted by atomic mass is 35.5. The van der Waals surface area contributed by atoms with E-state index in [4.69, 9.17) is 23.2 Å². The van der Waals surface area contributed by atoms with Gasteiger partial charge in [-0.15, -0.1) is 0 Å². The molecule has 0 aliphatic carbocycles. The van der Waals surface area contributed by atoms with Crippen molar-refractivity contribution in [3.05, 3.63) is 64.3 Å². The number of hydrogen-bond donors (Lipinski definition) is 0. The normalized spacial score (nSPS) is 16.1. The number of anilines is 1. The first kappa shape index (κ1) is 22.1. The van der Waals surface area contributed by atoms with Gasteiger partial charge < -0.3 is 4.90 Å². The van der Waals surface area contributed by atoms with E-state index in [1.54, 1.807) is 6.07 Å². The molecule has 1 saturated heterocycles. The summed E-state index contributed by atoms with van der Waals surface area (Å²) in [5.41, 5.74) is 0.177. The second-order valence-electron chi connectivity index (χ2n) is 7.03. The fourth-order valence-corrected chi connectivity index (χ4v) is 5.75. The first-order valence-corrected chi connectivity index (χ1v) is 11.4. The lowest BCUT2D eigenvalue weighted by Crippen LogP contribution is -2.48. The van der Waals surface area contributed by atoms with Crippen molar-refractivity contribution < 1.29 is 21.6 Å². The highest BCUT2D eigenvalue weighted by molar-refractivity contribution is 7.89. The number of piperazine rings is 1. The zero-order valence-corrected chi connectivity index (χ0v) is 18.2. The third-order valence-corrected chi connectivity index (χ3v) is 7.75. The minimum absolute atomic E-state index is 0.0129. The van der Waals surface area contributed by atoms with Crippen LogP contribution in [0.2, 0.25) is 10.0 Å². The van der Waals surface area contributed by atoms with Gasteiger partial charge >= 0.3 is 6.18 Å². The van der Waals surface area contributed by atoms with E-state index >= 15 is 0 Å². The molecular formula is C20H16Cl2F3N3O2S. The second-order valence-corrected chi connectivity index (χ2v) is 9.78. The molecule has 164 valence electrons. The molecule has 31 heavy (non-hydrogen) atoms. The predicted octanol–water partition coefficient (Wildman–Crippen LogP) is 5.07. The van der Waals surface area contributed by atoms with Crippen molar-refractivity contribution in [1.29, 1.82) is 0 Å². The molecule has 2 aromatic carbocycles. The Morgan fingerprint density at radius 3 is 2.29 bits per heavy atom. The Hall–Kier alpha value is -2.07. The molecule has 0 unspecified atom stereocenters. The zero-order valence-electron chi connectivity index (χ0n) is 15.9. The maximum absolute atomic E-state index is 13.0. The molecule has 1 fully saturated rings. The number of nitrogens with zero attached hydrogens (tertiary/aromatic N) is 3. The fourth-order valence-electron chi connectivity index (χ4n) is 3.58. The lowest BCUT2D eigenvalue weighted by molar-refractivity contribution is -0.137. The number of halogens is 5. The average molecular weight is 490 g/mol. The average Bonchev–Trinajstić information content (AvgIpc) is 2.72. The monoisotopic (exact) mass is 489 g/mol. The summed E-state index contributed by atoms with van der Waals surface area (Å²) < 4.78 is 66.3. The van der Waals surface area contributed by atoms with Crippen molar-refractivity contribution in [3.8, 4) is 0 Å². The van der Waals surface area contributed by atoms with Crippen LogP contribution in [0.5, 0.6) is 0 Å². The number of rotatable bonds is 3. The summed E-state index contributed by atoms with van der Waals surface area (Å²) in [6, 6.07) is 9.38. The van der Waals surface area contributed by atoms with Crippen LogP contribution in [0, 0.1) is 0 Å². The van der Waals surface area contributed by atoms with Crippen LogP contribution in [0.3, 0.4) is 0 Å². The van der Waals surface area contributed by atoms with Crippen molar-refractivity contribution in [2.24, 2.45) is 0 Å². The largest absolute Gasteiger partial charge is 0.416 e. The van der Waals surface area contributed by atoms with E-state index in [0.717, 1.165) is 12.1 Å². The number of sulfonamides is 1. The van der Waals surface area contributed by atoms with Crippen LogP contribution in [-0.2, 0) is 16.2 Å². The van der Waals surface area contributed by atoms with Gasteiger partial charge in [0, 0.05) is 48.5 Å². The Labute approximate surface area is 187 Å². The van der Waals surface area contributed by atoms with Crippen LogP contribution in [-0.4, -0.2) is 43.9 Å². The van der Waals surface area contributed by atoms with E-state index in [-0.39, 0.29) is 28.5 Å². The molecular weight excluding hydrogens is 474 g/mol. The van der Waals surface area contributed by atoms with E-state index in [2.05, 4.69) is 4.98 Å². The van der Waals surface area contributed by atoms with Crippen LogP contribution < -0.4 is 4.90 Å². The SMILES string of the molecule is O=S(=O)(c1ccc(Cl)cc1Cl)N1CCN(c2ccnc3cc(C(F)(F)F)ccc23)CC1. The summed E-state index contributed by atoms with van der Waals surface area (Å²) in [7, 11) is -3.80. The van der Waals surface area contributed by atoms with Gasteiger partial charge in [-0.1, -0.05) is 29.3 Å². The number of hydrogen-bond acceptors (Lipinski definition) is 4. The van der Waals surface area contributed by atoms with Gasteiger partial charge in [-0.2, -0.15) is 17.5 Å².